The number of pyridine rings is 1. The van der Waals surface area contributed by atoms with E-state index in [4.69, 9.17) is 14.5 Å². The van der Waals surface area contributed by atoms with Crippen molar-refractivity contribution >= 4 is 22.9 Å². The normalized spacial score (nSPS) is 28.6. The van der Waals surface area contributed by atoms with Crippen molar-refractivity contribution in [1.82, 2.24) is 20.1 Å². The summed E-state index contributed by atoms with van der Waals surface area (Å²) in [6.07, 6.45) is 6.00. The van der Waals surface area contributed by atoms with E-state index in [0.717, 1.165) is 42.4 Å². The molecule has 8 nitrogen and oxygen atoms in total. The average Bonchev–Trinajstić information content (AvgIpc) is 3.27. The molecule has 2 aromatic rings. The Hall–Kier alpha value is -2.48. The summed E-state index contributed by atoms with van der Waals surface area (Å²) in [7, 11) is 3.25. The van der Waals surface area contributed by atoms with Crippen LogP contribution in [0.1, 0.15) is 54.1 Å². The molecule has 1 amide bonds. The summed E-state index contributed by atoms with van der Waals surface area (Å²) in [5, 5.41) is 8.06. The molecule has 3 heterocycles. The monoisotopic (exact) mass is 384 g/mol. The minimum atomic E-state index is -0.550. The number of methoxy groups -OCH3 is 1. The molecule has 3 aliphatic rings. The van der Waals surface area contributed by atoms with Gasteiger partial charge in [0.1, 0.15) is 0 Å². The Morgan fingerprint density at radius 3 is 2.89 bits per heavy atom. The summed E-state index contributed by atoms with van der Waals surface area (Å²) in [5.74, 6) is 0.0827. The van der Waals surface area contributed by atoms with Gasteiger partial charge in [-0.2, -0.15) is 5.10 Å². The summed E-state index contributed by atoms with van der Waals surface area (Å²) in [6.45, 7) is 0.747. The van der Waals surface area contributed by atoms with Crippen LogP contribution in [-0.2, 0) is 21.3 Å². The van der Waals surface area contributed by atoms with E-state index in [0.29, 0.717) is 31.1 Å². The van der Waals surface area contributed by atoms with Gasteiger partial charge in [0, 0.05) is 25.2 Å². The second-order valence-electron chi connectivity index (χ2n) is 8.48. The molecule has 2 aliphatic carbocycles. The fraction of sp³-hybridized carbons (Fsp3) is 0.600. The average molecular weight is 384 g/mol. The maximum absolute atomic E-state index is 13.0. The third kappa shape index (κ3) is 2.62. The zero-order valence-corrected chi connectivity index (χ0v) is 16.2. The van der Waals surface area contributed by atoms with Gasteiger partial charge in [-0.1, -0.05) is 0 Å². The van der Waals surface area contributed by atoms with Crippen LogP contribution >= 0.6 is 0 Å². The molecule has 148 valence electrons. The van der Waals surface area contributed by atoms with Crippen LogP contribution in [0.4, 0.5) is 0 Å². The maximum atomic E-state index is 13.0. The zero-order valence-electron chi connectivity index (χ0n) is 16.2. The number of nitrogens with one attached hydrogen (secondary N) is 1. The number of ether oxygens (including phenoxy) is 2. The van der Waals surface area contributed by atoms with Gasteiger partial charge in [-0.25, -0.2) is 4.98 Å². The van der Waals surface area contributed by atoms with Gasteiger partial charge in [0.2, 0.25) is 0 Å². The predicted octanol–water partition coefficient (Wildman–Crippen LogP) is 1.69. The maximum Gasteiger partial charge on any atom is 0.314 e. The Morgan fingerprint density at radius 1 is 1.39 bits per heavy atom. The smallest absolute Gasteiger partial charge is 0.314 e. The highest BCUT2D eigenvalue weighted by atomic mass is 16.5. The van der Waals surface area contributed by atoms with E-state index in [1.165, 1.54) is 7.11 Å². The molecule has 3 fully saturated rings. The molecule has 5 rings (SSSR count). The van der Waals surface area contributed by atoms with E-state index in [9.17, 15) is 9.59 Å². The van der Waals surface area contributed by atoms with Crippen molar-refractivity contribution in [2.45, 2.75) is 43.6 Å². The van der Waals surface area contributed by atoms with Crippen molar-refractivity contribution in [3.05, 3.63) is 23.5 Å². The number of nitrogens with zero attached hydrogens (tertiary/aromatic N) is 3. The number of rotatable bonds is 5. The molecule has 1 aliphatic heterocycles. The van der Waals surface area contributed by atoms with Crippen LogP contribution in [0.3, 0.4) is 0 Å². The number of aromatic nitrogens is 3. The molecule has 0 spiro atoms. The Morgan fingerprint density at radius 2 is 2.21 bits per heavy atom. The minimum Gasteiger partial charge on any atom is -0.469 e. The second kappa shape index (κ2) is 6.01. The lowest BCUT2D eigenvalue weighted by Crippen LogP contribution is -2.41. The third-order valence-corrected chi connectivity index (χ3v) is 6.53. The van der Waals surface area contributed by atoms with Gasteiger partial charge in [0.25, 0.3) is 5.91 Å². The van der Waals surface area contributed by atoms with Crippen LogP contribution < -0.4 is 5.32 Å². The highest BCUT2D eigenvalue weighted by Gasteiger charge is 2.60. The summed E-state index contributed by atoms with van der Waals surface area (Å²) in [5.41, 5.74) is 1.26. The van der Waals surface area contributed by atoms with Gasteiger partial charge in [0.15, 0.2) is 5.65 Å². The first kappa shape index (κ1) is 17.6. The highest BCUT2D eigenvalue weighted by molar-refractivity contribution is 6.05. The van der Waals surface area contributed by atoms with Crippen LogP contribution in [0.15, 0.2) is 12.3 Å². The summed E-state index contributed by atoms with van der Waals surface area (Å²) in [4.78, 5) is 29.9. The van der Waals surface area contributed by atoms with Crippen molar-refractivity contribution in [3.63, 3.8) is 0 Å². The van der Waals surface area contributed by atoms with Gasteiger partial charge in [-0.3, -0.25) is 14.3 Å². The van der Waals surface area contributed by atoms with E-state index in [1.54, 1.807) is 10.9 Å². The van der Waals surface area contributed by atoms with Crippen LogP contribution in [0.25, 0.3) is 11.0 Å². The lowest BCUT2D eigenvalue weighted by Gasteiger charge is -2.27. The van der Waals surface area contributed by atoms with Gasteiger partial charge in [-0.05, 0) is 38.2 Å². The van der Waals surface area contributed by atoms with Crippen molar-refractivity contribution in [1.29, 1.82) is 0 Å². The first-order valence-corrected chi connectivity index (χ1v) is 9.79. The molecule has 1 N–H and O–H groups in total. The molecule has 2 bridgehead atoms. The van der Waals surface area contributed by atoms with Crippen LogP contribution in [0, 0.1) is 5.41 Å². The van der Waals surface area contributed by atoms with Crippen molar-refractivity contribution in [2.24, 2.45) is 12.5 Å². The van der Waals surface area contributed by atoms with Crippen LogP contribution in [0.5, 0.6) is 0 Å². The van der Waals surface area contributed by atoms with Gasteiger partial charge >= 0.3 is 5.97 Å². The lowest BCUT2D eigenvalue weighted by molar-refractivity contribution is -0.154. The third-order valence-electron chi connectivity index (χ3n) is 6.53. The first-order valence-electron chi connectivity index (χ1n) is 9.79. The zero-order chi connectivity index (χ0) is 19.5. The molecular formula is C20H24N4O4. The predicted molar refractivity (Wildman–Crippen MR) is 99.8 cm³/mol. The second-order valence-corrected chi connectivity index (χ2v) is 8.48. The van der Waals surface area contributed by atoms with Crippen molar-refractivity contribution < 1.29 is 19.1 Å². The molecule has 0 aromatic carbocycles. The largest absolute Gasteiger partial charge is 0.469 e. The molecule has 2 saturated carbocycles. The van der Waals surface area contributed by atoms with Crippen LogP contribution in [-0.4, -0.2) is 52.5 Å². The SMILES string of the molecule is COC(=O)C12CCC(CNC(=O)c3cc(C4CC4)nc4c3cnn4C)(C1)OC2. The number of carbonyl (C=O) groups excluding carboxylic acids is 2. The molecule has 28 heavy (non-hydrogen) atoms. The number of aryl methyl sites for hydroxylation is 1. The first-order chi connectivity index (χ1) is 13.5. The number of hydrogen-bond acceptors (Lipinski definition) is 6. The number of esters is 1. The Bertz CT molecular complexity index is 970. The standard InChI is InChI=1S/C20H24N4O4/c1-24-16-14(8-22-24)13(7-15(23-16)12-3-4-12)17(25)21-10-20-6-5-19(9-20,11-28-20)18(26)27-2/h7-8,12H,3-6,9-11H2,1-2H3,(H,21,25). The van der Waals surface area contributed by atoms with Gasteiger partial charge < -0.3 is 14.8 Å². The van der Waals surface area contributed by atoms with Crippen molar-refractivity contribution in [2.75, 3.05) is 20.3 Å². The molecule has 2 atom stereocenters. The van der Waals surface area contributed by atoms with Crippen molar-refractivity contribution in [3.8, 4) is 0 Å². The van der Waals surface area contributed by atoms with E-state index in [-0.39, 0.29) is 11.9 Å². The van der Waals surface area contributed by atoms with E-state index in [2.05, 4.69) is 10.4 Å². The Kier molecular flexibility index (Phi) is 3.78. The number of carbonyl (C=O) groups is 2. The van der Waals surface area contributed by atoms with E-state index >= 15 is 0 Å². The molecule has 8 heteroatoms. The molecule has 0 radical (unpaired) electrons. The molecule has 2 aromatic heterocycles. The Labute approximate surface area is 162 Å². The number of fused-ring (bicyclic) bond motifs is 3. The summed E-state index contributed by atoms with van der Waals surface area (Å²) in [6, 6.07) is 1.90. The van der Waals surface area contributed by atoms with E-state index in [1.807, 2.05) is 13.1 Å². The summed E-state index contributed by atoms with van der Waals surface area (Å²) >= 11 is 0. The molecule has 1 saturated heterocycles. The lowest BCUT2D eigenvalue weighted by atomic mass is 9.88. The van der Waals surface area contributed by atoms with E-state index < -0.39 is 11.0 Å². The minimum absolute atomic E-state index is 0.150. The summed E-state index contributed by atoms with van der Waals surface area (Å²) < 4.78 is 12.6. The molecule has 2 unspecified atom stereocenters. The topological polar surface area (TPSA) is 95.3 Å². The fourth-order valence-electron chi connectivity index (χ4n) is 4.70. The molecular weight excluding hydrogens is 360 g/mol. The fourth-order valence-corrected chi connectivity index (χ4v) is 4.70. The van der Waals surface area contributed by atoms with Gasteiger partial charge in [0.05, 0.1) is 41.9 Å². The number of amides is 1. The quantitative estimate of drug-likeness (QED) is 0.788. The number of hydrogen-bond donors (Lipinski definition) is 1. The van der Waals surface area contributed by atoms with Gasteiger partial charge in [-0.15, -0.1) is 0 Å². The van der Waals surface area contributed by atoms with Crippen LogP contribution in [0.2, 0.25) is 0 Å². The Balaban J connectivity index is 1.36. The highest BCUT2D eigenvalue weighted by Crippen LogP contribution is 2.53.